The van der Waals surface area contributed by atoms with Crippen molar-refractivity contribution < 1.29 is 26.7 Å². The van der Waals surface area contributed by atoms with Crippen molar-refractivity contribution in [2.75, 3.05) is 19.9 Å². The van der Waals surface area contributed by atoms with E-state index in [0.29, 0.717) is 31.0 Å². The van der Waals surface area contributed by atoms with Gasteiger partial charge in [-0.2, -0.15) is 8.78 Å². The summed E-state index contributed by atoms with van der Waals surface area (Å²) in [5, 5.41) is 0. The van der Waals surface area contributed by atoms with E-state index in [4.69, 9.17) is 4.74 Å². The van der Waals surface area contributed by atoms with Gasteiger partial charge >= 0.3 is 0 Å². The van der Waals surface area contributed by atoms with E-state index in [1.165, 1.54) is 18.3 Å². The van der Waals surface area contributed by atoms with Gasteiger partial charge in [-0.25, -0.2) is 13.2 Å². The molecular weight excluding hydrogens is 355 g/mol. The minimum Gasteiger partial charge on any atom is -0.365 e. The molecule has 1 fully saturated rings. The molecule has 0 amide bonds. The molecular formula is C18H17F5N2O. The molecule has 8 heteroatoms. The summed E-state index contributed by atoms with van der Waals surface area (Å²) in [4.78, 5) is 5.71. The number of benzene rings is 1. The highest BCUT2D eigenvalue weighted by molar-refractivity contribution is 5.64. The lowest BCUT2D eigenvalue weighted by molar-refractivity contribution is 0.0109. The molecule has 2 heterocycles. The Morgan fingerprint density at radius 2 is 2.00 bits per heavy atom. The minimum absolute atomic E-state index is 0.197. The molecule has 0 spiro atoms. The number of rotatable bonds is 5. The summed E-state index contributed by atoms with van der Waals surface area (Å²) in [6.07, 6.45) is -1.78. The van der Waals surface area contributed by atoms with Gasteiger partial charge in [0.25, 0.3) is 12.3 Å². The highest BCUT2D eigenvalue weighted by atomic mass is 19.3. The van der Waals surface area contributed by atoms with E-state index in [1.54, 1.807) is 0 Å². The van der Waals surface area contributed by atoms with E-state index >= 15 is 0 Å². The van der Waals surface area contributed by atoms with Gasteiger partial charge in [0.1, 0.15) is 11.5 Å². The first kappa shape index (κ1) is 18.7. The summed E-state index contributed by atoms with van der Waals surface area (Å²) in [5.74, 6) is -4.16. The van der Waals surface area contributed by atoms with Crippen molar-refractivity contribution in [1.82, 2.24) is 9.88 Å². The second-order valence-electron chi connectivity index (χ2n) is 6.25. The second kappa shape index (κ2) is 7.28. The number of aromatic nitrogens is 1. The molecule has 0 saturated carbocycles. The molecule has 0 bridgehead atoms. The van der Waals surface area contributed by atoms with Crippen LogP contribution in [0.4, 0.5) is 22.0 Å². The van der Waals surface area contributed by atoms with E-state index in [0.717, 1.165) is 19.1 Å². The first-order chi connectivity index (χ1) is 12.3. The first-order valence-electron chi connectivity index (χ1n) is 8.01. The molecule has 0 unspecified atom stereocenters. The van der Waals surface area contributed by atoms with Crippen LogP contribution in [-0.4, -0.2) is 29.8 Å². The molecule has 26 heavy (non-hydrogen) atoms. The molecule has 3 nitrogen and oxygen atoms in total. The zero-order valence-electron chi connectivity index (χ0n) is 14.0. The van der Waals surface area contributed by atoms with Crippen LogP contribution in [0.5, 0.6) is 0 Å². The maximum atomic E-state index is 13.9. The fourth-order valence-electron chi connectivity index (χ4n) is 2.89. The molecule has 1 saturated heterocycles. The first-order valence-corrected chi connectivity index (χ1v) is 8.01. The predicted molar refractivity (Wildman–Crippen MR) is 85.4 cm³/mol. The Hall–Kier alpha value is -2.06. The average molecular weight is 372 g/mol. The Labute approximate surface area is 147 Å². The van der Waals surface area contributed by atoms with Crippen molar-refractivity contribution in [1.29, 1.82) is 0 Å². The molecule has 1 aromatic heterocycles. The third-order valence-corrected chi connectivity index (χ3v) is 4.17. The lowest BCUT2D eigenvalue weighted by atomic mass is 10.00. The van der Waals surface area contributed by atoms with Crippen molar-refractivity contribution >= 4 is 0 Å². The topological polar surface area (TPSA) is 25.4 Å². The Morgan fingerprint density at radius 1 is 1.23 bits per heavy atom. The van der Waals surface area contributed by atoms with Crippen molar-refractivity contribution in [2.24, 2.45) is 0 Å². The summed E-state index contributed by atoms with van der Waals surface area (Å²) >= 11 is 0. The van der Waals surface area contributed by atoms with Crippen LogP contribution in [0.1, 0.15) is 30.2 Å². The van der Waals surface area contributed by atoms with Gasteiger partial charge in [-0.1, -0.05) is 6.07 Å². The lowest BCUT2D eigenvalue weighted by Crippen LogP contribution is -2.23. The van der Waals surface area contributed by atoms with Gasteiger partial charge < -0.3 is 4.74 Å². The van der Waals surface area contributed by atoms with Crippen molar-refractivity contribution in [3.8, 4) is 11.1 Å². The molecule has 0 aliphatic carbocycles. The molecule has 0 N–H and O–H groups in total. The summed E-state index contributed by atoms with van der Waals surface area (Å²) in [7, 11) is 0. The van der Waals surface area contributed by atoms with Crippen LogP contribution in [0.25, 0.3) is 11.1 Å². The number of pyridine rings is 1. The van der Waals surface area contributed by atoms with Crippen molar-refractivity contribution in [3.05, 3.63) is 53.1 Å². The van der Waals surface area contributed by atoms with Gasteiger partial charge in [-0.3, -0.25) is 9.88 Å². The van der Waals surface area contributed by atoms with Gasteiger partial charge in [0.2, 0.25) is 0 Å². The summed E-state index contributed by atoms with van der Waals surface area (Å²) in [5.41, 5.74) is -0.163. The van der Waals surface area contributed by atoms with Crippen LogP contribution < -0.4 is 0 Å². The fraction of sp³-hybridized carbons (Fsp3) is 0.389. The Morgan fingerprint density at radius 3 is 2.62 bits per heavy atom. The quantitative estimate of drug-likeness (QED) is 0.710. The van der Waals surface area contributed by atoms with E-state index < -0.39 is 23.7 Å². The van der Waals surface area contributed by atoms with Gasteiger partial charge in [-0.05, 0) is 29.3 Å². The Kier molecular flexibility index (Phi) is 5.24. The minimum atomic E-state index is -3.15. The number of alkyl halides is 4. The predicted octanol–water partition coefficient (Wildman–Crippen LogP) is 4.73. The largest absolute Gasteiger partial charge is 0.365 e. The average Bonchev–Trinajstić information content (AvgIpc) is 3.07. The van der Waals surface area contributed by atoms with Gasteiger partial charge in [0.15, 0.2) is 0 Å². The molecule has 1 aromatic carbocycles. The third kappa shape index (κ3) is 4.02. The maximum Gasteiger partial charge on any atom is 0.287 e. The molecule has 1 aliphatic rings. The number of nitrogens with zero attached hydrogens (tertiary/aromatic N) is 2. The normalized spacial score (nSPS) is 15.8. The van der Waals surface area contributed by atoms with Crippen molar-refractivity contribution in [3.63, 3.8) is 0 Å². The number of hydrogen-bond donors (Lipinski definition) is 0. The smallest absolute Gasteiger partial charge is 0.287 e. The van der Waals surface area contributed by atoms with Crippen molar-refractivity contribution in [2.45, 2.75) is 25.8 Å². The molecule has 0 radical (unpaired) electrons. The van der Waals surface area contributed by atoms with Crippen LogP contribution in [-0.2, 0) is 17.2 Å². The summed E-state index contributed by atoms with van der Waals surface area (Å²) in [6.45, 7) is 2.39. The summed E-state index contributed by atoms with van der Waals surface area (Å²) in [6, 6.07) is 4.77. The highest BCUT2D eigenvalue weighted by Crippen LogP contribution is 2.33. The van der Waals surface area contributed by atoms with Crippen LogP contribution in [0.2, 0.25) is 0 Å². The zero-order chi connectivity index (χ0) is 18.9. The fourth-order valence-corrected chi connectivity index (χ4v) is 2.89. The van der Waals surface area contributed by atoms with E-state index in [-0.39, 0.29) is 17.8 Å². The summed E-state index contributed by atoms with van der Waals surface area (Å²) < 4.78 is 72.3. The third-order valence-electron chi connectivity index (χ3n) is 4.17. The standard InChI is InChI=1S/C18H17F5N2O/c1-18(22,23)16-13(9-25-4-5-26-10-25)6-12(8-24-16)11-2-3-15(19)14(7-11)17(20)21/h2-3,6-8,17H,4-5,9-10H2,1H3. The monoisotopic (exact) mass is 372 g/mol. The van der Waals surface area contributed by atoms with Crippen LogP contribution in [0, 0.1) is 5.82 Å². The highest BCUT2D eigenvalue weighted by Gasteiger charge is 2.30. The number of hydrogen-bond acceptors (Lipinski definition) is 3. The van der Waals surface area contributed by atoms with Gasteiger partial charge in [0.05, 0.1) is 18.9 Å². The second-order valence-corrected chi connectivity index (χ2v) is 6.25. The Balaban J connectivity index is 2.02. The Bertz CT molecular complexity index is 786. The molecule has 1 aliphatic heterocycles. The van der Waals surface area contributed by atoms with E-state index in [9.17, 15) is 22.0 Å². The molecule has 2 aromatic rings. The zero-order valence-corrected chi connectivity index (χ0v) is 14.0. The molecule has 3 rings (SSSR count). The lowest BCUT2D eigenvalue weighted by Gasteiger charge is -2.20. The van der Waals surface area contributed by atoms with E-state index in [1.807, 2.05) is 4.90 Å². The van der Waals surface area contributed by atoms with Crippen LogP contribution >= 0.6 is 0 Å². The molecule has 140 valence electrons. The maximum absolute atomic E-state index is 13.9. The molecule has 0 atom stereocenters. The van der Waals surface area contributed by atoms with Gasteiger partial charge in [0, 0.05) is 31.8 Å². The van der Waals surface area contributed by atoms with Crippen LogP contribution in [0.15, 0.2) is 30.5 Å². The number of ether oxygens (including phenoxy) is 1. The van der Waals surface area contributed by atoms with E-state index in [2.05, 4.69) is 4.98 Å². The van der Waals surface area contributed by atoms with Crippen LogP contribution in [0.3, 0.4) is 0 Å². The SMILES string of the molecule is CC(F)(F)c1ncc(-c2ccc(F)c(C(F)F)c2)cc1CN1CCOC1. The number of halogens is 5. The van der Waals surface area contributed by atoms with Gasteiger partial charge in [-0.15, -0.1) is 0 Å².